The Balaban J connectivity index is 2.26. The van der Waals surface area contributed by atoms with E-state index in [9.17, 15) is 14.7 Å². The van der Waals surface area contributed by atoms with Crippen LogP contribution in [0.25, 0.3) is 0 Å². The Kier molecular flexibility index (Phi) is 3.67. The van der Waals surface area contributed by atoms with E-state index in [2.05, 4.69) is 0 Å². The molecule has 0 spiro atoms. The molecule has 0 aliphatic carbocycles. The van der Waals surface area contributed by atoms with Crippen LogP contribution in [0.3, 0.4) is 0 Å². The van der Waals surface area contributed by atoms with Gasteiger partial charge in [0.25, 0.3) is 0 Å². The van der Waals surface area contributed by atoms with Crippen molar-refractivity contribution in [1.82, 2.24) is 4.90 Å². The van der Waals surface area contributed by atoms with E-state index in [1.54, 1.807) is 0 Å². The molecule has 2 aliphatic heterocycles. The number of carbonyl (C=O) groups excluding carboxylic acids is 1. The van der Waals surface area contributed by atoms with Crippen molar-refractivity contribution in [1.29, 1.82) is 0 Å². The summed E-state index contributed by atoms with van der Waals surface area (Å²) in [6.45, 7) is 0. The average Bonchev–Trinajstić information content (AvgIpc) is 2.33. The molecule has 2 rings (SSSR count). The number of aliphatic carboxylic acids is 1. The van der Waals surface area contributed by atoms with Gasteiger partial charge in [-0.2, -0.15) is 0 Å². The first-order valence-corrected chi connectivity index (χ1v) is 6.89. The third-order valence-electron chi connectivity index (χ3n) is 2.53. The van der Waals surface area contributed by atoms with Crippen LogP contribution in [0.4, 0.5) is 0 Å². The van der Waals surface area contributed by atoms with Gasteiger partial charge in [-0.3, -0.25) is 9.69 Å². The predicted octanol–water partition coefficient (Wildman–Crippen LogP) is -0.138. The highest BCUT2D eigenvalue weighted by molar-refractivity contribution is 8.06. The van der Waals surface area contributed by atoms with Crippen LogP contribution in [-0.4, -0.2) is 52.1 Å². The van der Waals surface area contributed by atoms with Gasteiger partial charge in [0.15, 0.2) is 0 Å². The van der Waals surface area contributed by atoms with Crippen LogP contribution < -0.4 is 5.73 Å². The molecular weight excluding hydrogens is 264 g/mol. The van der Waals surface area contributed by atoms with E-state index in [0.717, 1.165) is 0 Å². The summed E-state index contributed by atoms with van der Waals surface area (Å²) < 4.78 is 4.90. The number of nitrogens with zero attached hydrogens (tertiary/aromatic N) is 1. The van der Waals surface area contributed by atoms with Crippen molar-refractivity contribution in [3.8, 4) is 0 Å². The summed E-state index contributed by atoms with van der Waals surface area (Å²) in [5.74, 6) is -0.493. The number of β-lactam (4-membered cyclic amide) rings is 1. The van der Waals surface area contributed by atoms with Gasteiger partial charge in [0, 0.05) is 17.8 Å². The number of carbonyl (C=O) groups is 2. The second kappa shape index (κ2) is 4.89. The standard InChI is InChI=1S/C9H12N2O4S2/c1-15-3-17-4-2-16-8-5(10)7(12)11(8)6(4)9(13)14/h5,8H,2-3,10H2,1H3,(H,13,14). The van der Waals surface area contributed by atoms with Gasteiger partial charge in [0.1, 0.15) is 17.1 Å². The zero-order valence-electron chi connectivity index (χ0n) is 9.08. The molecule has 0 aromatic carbocycles. The summed E-state index contributed by atoms with van der Waals surface area (Å²) >= 11 is 2.78. The Morgan fingerprint density at radius 1 is 1.76 bits per heavy atom. The number of nitrogens with two attached hydrogens (primary N) is 1. The molecule has 17 heavy (non-hydrogen) atoms. The number of ether oxygens (including phenoxy) is 1. The highest BCUT2D eigenvalue weighted by Crippen LogP contribution is 2.42. The topological polar surface area (TPSA) is 92.9 Å². The SMILES string of the molecule is COCSC1=C(C(=O)O)N2C(=O)C(N)C2SC1. The lowest BCUT2D eigenvalue weighted by molar-refractivity contribution is -0.147. The molecule has 1 amide bonds. The molecule has 3 N–H and O–H groups in total. The third-order valence-corrected chi connectivity index (χ3v) is 5.05. The van der Waals surface area contributed by atoms with Gasteiger partial charge in [0.05, 0.1) is 5.94 Å². The first-order valence-electron chi connectivity index (χ1n) is 4.86. The summed E-state index contributed by atoms with van der Waals surface area (Å²) in [5.41, 5.74) is 5.68. The van der Waals surface area contributed by atoms with Crippen molar-refractivity contribution in [3.05, 3.63) is 10.6 Å². The molecule has 0 saturated carbocycles. The van der Waals surface area contributed by atoms with Crippen molar-refractivity contribution < 1.29 is 19.4 Å². The minimum absolute atomic E-state index is 0.0579. The smallest absolute Gasteiger partial charge is 0.353 e. The first-order chi connectivity index (χ1) is 8.07. The van der Waals surface area contributed by atoms with Crippen molar-refractivity contribution >= 4 is 35.4 Å². The Labute approximate surface area is 107 Å². The number of carboxylic acids is 1. The van der Waals surface area contributed by atoms with Crippen molar-refractivity contribution in [2.24, 2.45) is 5.73 Å². The van der Waals surface area contributed by atoms with Crippen LogP contribution in [-0.2, 0) is 14.3 Å². The van der Waals surface area contributed by atoms with E-state index >= 15 is 0 Å². The Hall–Kier alpha value is -0.700. The number of thioether (sulfide) groups is 2. The molecule has 6 nitrogen and oxygen atoms in total. The number of amides is 1. The monoisotopic (exact) mass is 276 g/mol. The maximum absolute atomic E-state index is 11.6. The molecule has 0 radical (unpaired) electrons. The summed E-state index contributed by atoms with van der Waals surface area (Å²) in [6.07, 6.45) is 0. The largest absolute Gasteiger partial charge is 0.477 e. The van der Waals surface area contributed by atoms with Gasteiger partial charge < -0.3 is 15.6 Å². The lowest BCUT2D eigenvalue weighted by Gasteiger charge is -2.47. The fourth-order valence-electron chi connectivity index (χ4n) is 1.73. The molecule has 0 aromatic rings. The predicted molar refractivity (Wildman–Crippen MR) is 65.2 cm³/mol. The first kappa shape index (κ1) is 12.7. The molecule has 2 heterocycles. The van der Waals surface area contributed by atoms with Crippen LogP contribution in [0.2, 0.25) is 0 Å². The van der Waals surface area contributed by atoms with Gasteiger partial charge >= 0.3 is 5.97 Å². The second-order valence-corrected chi connectivity index (χ2v) is 5.69. The Morgan fingerprint density at radius 2 is 2.47 bits per heavy atom. The third kappa shape index (κ3) is 2.05. The fraction of sp³-hybridized carbons (Fsp3) is 0.556. The van der Waals surface area contributed by atoms with Crippen LogP contribution in [0.15, 0.2) is 10.6 Å². The average molecular weight is 276 g/mol. The fourth-order valence-corrected chi connectivity index (χ4v) is 3.99. The molecule has 1 fully saturated rings. The molecule has 94 valence electrons. The highest BCUT2D eigenvalue weighted by atomic mass is 32.2. The van der Waals surface area contributed by atoms with E-state index in [0.29, 0.717) is 16.6 Å². The van der Waals surface area contributed by atoms with Gasteiger partial charge in [-0.05, 0) is 0 Å². The van der Waals surface area contributed by atoms with Crippen LogP contribution >= 0.6 is 23.5 Å². The van der Waals surface area contributed by atoms with Crippen LogP contribution in [0, 0.1) is 0 Å². The van der Waals surface area contributed by atoms with Gasteiger partial charge in [0.2, 0.25) is 5.91 Å². The van der Waals surface area contributed by atoms with Crippen LogP contribution in [0.5, 0.6) is 0 Å². The molecule has 0 bridgehead atoms. The van der Waals surface area contributed by atoms with E-state index in [-0.39, 0.29) is 17.0 Å². The number of hydrogen-bond acceptors (Lipinski definition) is 6. The normalized spacial score (nSPS) is 27.9. The lowest BCUT2D eigenvalue weighted by Crippen LogP contribution is -2.68. The number of methoxy groups -OCH3 is 1. The van der Waals surface area contributed by atoms with E-state index in [1.165, 1.54) is 35.5 Å². The molecule has 0 aromatic heterocycles. The summed E-state index contributed by atoms with van der Waals surface area (Å²) in [5, 5.41) is 8.94. The maximum atomic E-state index is 11.6. The van der Waals surface area contributed by atoms with E-state index < -0.39 is 12.0 Å². The molecule has 8 heteroatoms. The Bertz CT molecular complexity index is 398. The molecule has 2 atom stereocenters. The zero-order valence-corrected chi connectivity index (χ0v) is 10.7. The minimum atomic E-state index is -1.09. The zero-order chi connectivity index (χ0) is 12.6. The quantitative estimate of drug-likeness (QED) is 0.545. The van der Waals surface area contributed by atoms with Gasteiger partial charge in [-0.1, -0.05) is 11.8 Å². The van der Waals surface area contributed by atoms with Gasteiger partial charge in [-0.25, -0.2) is 4.79 Å². The summed E-state index contributed by atoms with van der Waals surface area (Å²) in [7, 11) is 1.54. The molecular formula is C9H12N2O4S2. The number of hydrogen-bond donors (Lipinski definition) is 2. The number of rotatable bonds is 4. The Morgan fingerprint density at radius 3 is 3.06 bits per heavy atom. The lowest BCUT2D eigenvalue weighted by atomic mass is 10.1. The molecule has 2 unspecified atom stereocenters. The van der Waals surface area contributed by atoms with Crippen LogP contribution in [0.1, 0.15) is 0 Å². The minimum Gasteiger partial charge on any atom is -0.477 e. The van der Waals surface area contributed by atoms with Crippen molar-refractivity contribution in [2.45, 2.75) is 11.4 Å². The van der Waals surface area contributed by atoms with Crippen molar-refractivity contribution in [3.63, 3.8) is 0 Å². The maximum Gasteiger partial charge on any atom is 0.353 e. The highest BCUT2D eigenvalue weighted by Gasteiger charge is 2.51. The van der Waals surface area contributed by atoms with E-state index in [1.807, 2.05) is 0 Å². The number of fused-ring (bicyclic) bond motifs is 1. The molecule has 1 saturated heterocycles. The van der Waals surface area contributed by atoms with Gasteiger partial charge in [-0.15, -0.1) is 11.8 Å². The van der Waals surface area contributed by atoms with E-state index in [4.69, 9.17) is 10.5 Å². The van der Waals surface area contributed by atoms with Crippen molar-refractivity contribution in [2.75, 3.05) is 18.8 Å². The second-order valence-electron chi connectivity index (χ2n) is 3.56. The number of carboxylic acid groups (broad SMARTS) is 1. The summed E-state index contributed by atoms with van der Waals surface area (Å²) in [6, 6.07) is -0.580. The summed E-state index contributed by atoms with van der Waals surface area (Å²) in [4.78, 5) is 24.7. The molecule has 2 aliphatic rings.